The van der Waals surface area contributed by atoms with Crippen molar-refractivity contribution >= 4 is 23.5 Å². The largest absolute Gasteiger partial charge is 0.493 e. The van der Waals surface area contributed by atoms with Crippen LogP contribution in [0.5, 0.6) is 17.2 Å². The molecule has 1 saturated carbocycles. The highest BCUT2D eigenvalue weighted by molar-refractivity contribution is 7.80. The number of nitrogens with one attached hydrogen (secondary N) is 2. The van der Waals surface area contributed by atoms with Gasteiger partial charge in [-0.2, -0.15) is 13.9 Å². The lowest BCUT2D eigenvalue weighted by atomic mass is 9.86. The Morgan fingerprint density at radius 2 is 1.85 bits per heavy atom. The van der Waals surface area contributed by atoms with Gasteiger partial charge in [0.25, 0.3) is 0 Å². The molecule has 6 nitrogen and oxygen atoms in total. The van der Waals surface area contributed by atoms with E-state index in [0.29, 0.717) is 22.6 Å². The topological polar surface area (TPSA) is 64.1 Å². The van der Waals surface area contributed by atoms with Gasteiger partial charge in [0.05, 0.1) is 20.4 Å². The van der Waals surface area contributed by atoms with Gasteiger partial charge in [0, 0.05) is 11.6 Å². The van der Waals surface area contributed by atoms with E-state index in [4.69, 9.17) is 21.7 Å². The predicted molar refractivity (Wildman–Crippen MR) is 104 cm³/mol. The molecule has 27 heavy (non-hydrogen) atoms. The number of ether oxygens (including phenoxy) is 3. The molecule has 1 aromatic carbocycles. The molecule has 0 spiro atoms. The van der Waals surface area contributed by atoms with Gasteiger partial charge in [-0.15, -0.1) is 0 Å². The average Bonchev–Trinajstić information content (AvgIpc) is 2.64. The summed E-state index contributed by atoms with van der Waals surface area (Å²) in [5.41, 5.74) is 3.35. The van der Waals surface area contributed by atoms with Crippen molar-refractivity contribution in [3.63, 3.8) is 0 Å². The Labute approximate surface area is 163 Å². The Hall–Kier alpha value is -2.16. The minimum absolute atomic E-state index is 0.118. The van der Waals surface area contributed by atoms with E-state index in [1.54, 1.807) is 0 Å². The van der Waals surface area contributed by atoms with E-state index in [2.05, 4.69) is 27.5 Å². The summed E-state index contributed by atoms with van der Waals surface area (Å²) < 4.78 is 39.8. The smallest absolute Gasteiger partial charge is 0.387 e. The number of methoxy groups -OCH3 is 2. The molecule has 0 aromatic heterocycles. The zero-order valence-electron chi connectivity index (χ0n) is 15.6. The molecular formula is C18H25F2N3O3S. The number of benzene rings is 1. The fourth-order valence-corrected chi connectivity index (χ4v) is 3.28. The molecule has 0 heterocycles. The second-order valence-electron chi connectivity index (χ2n) is 6.34. The Morgan fingerprint density at radius 3 is 2.41 bits per heavy atom. The zero-order chi connectivity index (χ0) is 19.8. The average molecular weight is 401 g/mol. The number of hydrogen-bond donors (Lipinski definition) is 2. The van der Waals surface area contributed by atoms with Crippen LogP contribution in [0.25, 0.3) is 0 Å². The fraction of sp³-hybridized carbons (Fsp3) is 0.556. The van der Waals surface area contributed by atoms with E-state index in [9.17, 15) is 8.78 Å². The van der Waals surface area contributed by atoms with Crippen LogP contribution in [0, 0.1) is 5.92 Å². The van der Waals surface area contributed by atoms with Crippen LogP contribution in [0.4, 0.5) is 8.78 Å². The standard InChI is InChI=1S/C18H25F2N3O3S/c1-11-6-4-5-7-13(11)22-18(27)23-21-10-12-8-14(24-2)16(26-17(19)20)15(9-12)25-3/h8-11,13,17H,4-7H2,1-3H3,(H2,22,23,27)/b21-10-/t11-,13-/m1/s1. The second kappa shape index (κ2) is 10.2. The summed E-state index contributed by atoms with van der Waals surface area (Å²) in [4.78, 5) is 0. The summed E-state index contributed by atoms with van der Waals surface area (Å²) in [7, 11) is 2.72. The van der Waals surface area contributed by atoms with Crippen molar-refractivity contribution < 1.29 is 23.0 Å². The summed E-state index contributed by atoms with van der Waals surface area (Å²) in [6, 6.07) is 3.39. The molecule has 0 aliphatic heterocycles. The van der Waals surface area contributed by atoms with E-state index < -0.39 is 6.61 Å². The third-order valence-corrected chi connectivity index (χ3v) is 4.71. The van der Waals surface area contributed by atoms with Gasteiger partial charge in [-0.3, -0.25) is 5.43 Å². The number of thiocarbonyl (C=S) groups is 1. The Kier molecular flexibility index (Phi) is 8.02. The van der Waals surface area contributed by atoms with Crippen LogP contribution < -0.4 is 25.0 Å². The quantitative estimate of drug-likeness (QED) is 0.413. The van der Waals surface area contributed by atoms with Gasteiger partial charge in [0.15, 0.2) is 16.6 Å². The molecule has 2 N–H and O–H groups in total. The van der Waals surface area contributed by atoms with E-state index in [0.717, 1.165) is 6.42 Å². The summed E-state index contributed by atoms with van der Waals surface area (Å²) in [5, 5.41) is 7.83. The van der Waals surface area contributed by atoms with Crippen LogP contribution in [-0.2, 0) is 0 Å². The number of rotatable bonds is 7. The van der Waals surface area contributed by atoms with Gasteiger partial charge in [0.2, 0.25) is 5.75 Å². The minimum Gasteiger partial charge on any atom is -0.493 e. The van der Waals surface area contributed by atoms with Gasteiger partial charge in [-0.25, -0.2) is 0 Å². The molecular weight excluding hydrogens is 376 g/mol. The highest BCUT2D eigenvalue weighted by Crippen LogP contribution is 2.39. The van der Waals surface area contributed by atoms with Crippen LogP contribution in [0.2, 0.25) is 0 Å². The van der Waals surface area contributed by atoms with Gasteiger partial charge >= 0.3 is 6.61 Å². The van der Waals surface area contributed by atoms with Crippen molar-refractivity contribution in [2.75, 3.05) is 14.2 Å². The number of nitrogens with zero attached hydrogens (tertiary/aromatic N) is 1. The molecule has 1 aliphatic carbocycles. The van der Waals surface area contributed by atoms with Crippen LogP contribution in [-0.4, -0.2) is 38.2 Å². The number of hydrogen-bond acceptors (Lipinski definition) is 5. The van der Waals surface area contributed by atoms with Crippen molar-refractivity contribution in [2.45, 2.75) is 45.3 Å². The molecule has 0 unspecified atom stereocenters. The first-order chi connectivity index (χ1) is 12.9. The van der Waals surface area contributed by atoms with E-state index in [1.807, 2.05) is 0 Å². The first kappa shape index (κ1) is 21.1. The summed E-state index contributed by atoms with van der Waals surface area (Å²) in [5.74, 6) is 0.641. The van der Waals surface area contributed by atoms with Crippen LogP contribution in [0.1, 0.15) is 38.2 Å². The van der Waals surface area contributed by atoms with Crippen LogP contribution >= 0.6 is 12.2 Å². The first-order valence-electron chi connectivity index (χ1n) is 8.75. The molecule has 0 radical (unpaired) electrons. The molecule has 1 aromatic rings. The number of alkyl halides is 2. The Morgan fingerprint density at radius 1 is 1.22 bits per heavy atom. The van der Waals surface area contributed by atoms with Crippen molar-refractivity contribution in [3.05, 3.63) is 17.7 Å². The first-order valence-corrected chi connectivity index (χ1v) is 9.15. The van der Waals surface area contributed by atoms with Gasteiger partial charge < -0.3 is 19.5 Å². The van der Waals surface area contributed by atoms with Crippen molar-refractivity contribution in [3.8, 4) is 17.2 Å². The maximum absolute atomic E-state index is 12.6. The van der Waals surface area contributed by atoms with Crippen molar-refractivity contribution in [1.29, 1.82) is 0 Å². The van der Waals surface area contributed by atoms with Crippen LogP contribution in [0.3, 0.4) is 0 Å². The molecule has 0 amide bonds. The summed E-state index contributed by atoms with van der Waals surface area (Å²) >= 11 is 5.28. The fourth-order valence-electron chi connectivity index (χ4n) is 3.08. The van der Waals surface area contributed by atoms with E-state index >= 15 is 0 Å². The number of hydrazone groups is 1. The molecule has 150 valence electrons. The predicted octanol–water partition coefficient (Wildman–Crippen LogP) is 3.68. The SMILES string of the molecule is COc1cc(/C=N\NC(=S)N[C@@H]2CCCC[C@H]2C)cc(OC)c1OC(F)F. The summed E-state index contributed by atoms with van der Waals surface area (Å²) in [6.45, 7) is -0.774. The third kappa shape index (κ3) is 6.20. The number of halogens is 2. The minimum atomic E-state index is -2.99. The normalized spacial score (nSPS) is 19.8. The third-order valence-electron chi connectivity index (χ3n) is 4.50. The lowest BCUT2D eigenvalue weighted by molar-refractivity contribution is -0.0526. The highest BCUT2D eigenvalue weighted by atomic mass is 32.1. The zero-order valence-corrected chi connectivity index (χ0v) is 16.4. The lowest BCUT2D eigenvalue weighted by Crippen LogP contribution is -2.44. The molecule has 0 bridgehead atoms. The van der Waals surface area contributed by atoms with Gasteiger partial charge in [-0.1, -0.05) is 19.8 Å². The maximum Gasteiger partial charge on any atom is 0.387 e. The van der Waals surface area contributed by atoms with Crippen LogP contribution in [0.15, 0.2) is 17.2 Å². The molecule has 9 heteroatoms. The van der Waals surface area contributed by atoms with E-state index in [1.165, 1.54) is 51.8 Å². The molecule has 2 atom stereocenters. The second-order valence-corrected chi connectivity index (χ2v) is 6.75. The monoisotopic (exact) mass is 401 g/mol. The summed E-state index contributed by atoms with van der Waals surface area (Å²) in [6.07, 6.45) is 6.23. The molecule has 1 fully saturated rings. The maximum atomic E-state index is 12.6. The Balaban J connectivity index is 2.02. The Bertz CT molecular complexity index is 648. The van der Waals surface area contributed by atoms with Crippen molar-refractivity contribution in [1.82, 2.24) is 10.7 Å². The van der Waals surface area contributed by atoms with Gasteiger partial charge in [0.1, 0.15) is 0 Å². The van der Waals surface area contributed by atoms with E-state index in [-0.39, 0.29) is 17.2 Å². The highest BCUT2D eigenvalue weighted by Gasteiger charge is 2.21. The molecule has 1 aliphatic rings. The van der Waals surface area contributed by atoms with Crippen molar-refractivity contribution in [2.24, 2.45) is 11.0 Å². The lowest BCUT2D eigenvalue weighted by Gasteiger charge is -2.30. The van der Waals surface area contributed by atoms with Gasteiger partial charge in [-0.05, 0) is 43.1 Å². The molecule has 0 saturated heterocycles. The molecule has 2 rings (SSSR count).